The molecule has 16 nitrogen and oxygen atoms in total. The van der Waals surface area contributed by atoms with Gasteiger partial charge < -0.3 is 34.2 Å². The van der Waals surface area contributed by atoms with Crippen molar-refractivity contribution < 1.29 is 75.8 Å². The molecule has 0 heterocycles. The molecule has 0 fully saturated rings. The smallest absolute Gasteiger partial charge is 0.463 e. The summed E-state index contributed by atoms with van der Waals surface area (Å²) in [6, 6.07) is 0. The van der Waals surface area contributed by atoms with Crippen molar-refractivity contribution >= 4 is 33.6 Å². The molecule has 0 aromatic heterocycles. The molecule has 0 saturated heterocycles. The Hall–Kier alpha value is -4.57. The van der Waals surface area contributed by atoms with E-state index in [2.05, 4.69) is 167 Å². The zero-order chi connectivity index (χ0) is 87.9. The third-order valence-electron chi connectivity index (χ3n) is 21.0. The van der Waals surface area contributed by atoms with Crippen LogP contribution in [0.25, 0.3) is 0 Å². The van der Waals surface area contributed by atoms with Gasteiger partial charge in [0.15, 0.2) is 6.10 Å². The van der Waals surface area contributed by atoms with Crippen LogP contribution in [0, 0.1) is 0 Å². The van der Waals surface area contributed by atoms with Crippen LogP contribution in [-0.4, -0.2) is 95.9 Å². The Kier molecular flexibility index (Phi) is 91.0. The summed E-state index contributed by atoms with van der Waals surface area (Å²) in [5.74, 6) is -1.57. The summed E-state index contributed by atoms with van der Waals surface area (Å²) in [6.45, 7) is 2.57. The van der Waals surface area contributed by atoms with Gasteiger partial charge in [0, 0.05) is 19.3 Å². The van der Waals surface area contributed by atoms with Crippen LogP contribution in [0.2, 0.25) is 0 Å². The lowest BCUT2D eigenvalue weighted by atomic mass is 10.0. The first-order valence-electron chi connectivity index (χ1n) is 49.1. The fourth-order valence-corrected chi connectivity index (χ4v) is 15.2. The molecule has 5 unspecified atom stereocenters. The lowest BCUT2D eigenvalue weighted by Gasteiger charge is -2.21. The second-order valence-electron chi connectivity index (χ2n) is 32.8. The average Bonchev–Trinajstić information content (AvgIpc) is 0.895. The number of phosphoric acid groups is 2. The van der Waals surface area contributed by atoms with Crippen molar-refractivity contribution in [2.75, 3.05) is 39.6 Å². The maximum Gasteiger partial charge on any atom is 0.472 e. The Morgan fingerprint density at radius 2 is 0.438 bits per heavy atom. The normalized spacial score (nSPS) is 14.3. The van der Waals surface area contributed by atoms with Crippen LogP contribution in [0.4, 0.5) is 0 Å². The lowest BCUT2D eigenvalue weighted by Crippen LogP contribution is -2.30. The van der Waals surface area contributed by atoms with Crippen molar-refractivity contribution in [3.63, 3.8) is 0 Å². The summed E-state index contributed by atoms with van der Waals surface area (Å²) < 4.78 is 61.6. The van der Waals surface area contributed by atoms with Crippen molar-refractivity contribution in [3.05, 3.63) is 146 Å². The van der Waals surface area contributed by atoms with E-state index in [9.17, 15) is 43.5 Å². The number of carbonyl (C=O) groups excluding carboxylic acids is 3. The van der Waals surface area contributed by atoms with E-state index in [1.807, 2.05) is 0 Å². The molecule has 5 atom stereocenters. The van der Waals surface area contributed by atoms with E-state index in [1.54, 1.807) is 0 Å². The van der Waals surface area contributed by atoms with E-state index in [-0.39, 0.29) is 19.3 Å². The first-order chi connectivity index (χ1) is 59.2. The van der Waals surface area contributed by atoms with Crippen LogP contribution >= 0.6 is 15.6 Å². The highest BCUT2D eigenvalue weighted by molar-refractivity contribution is 7.47. The second kappa shape index (κ2) is 94.6. The quantitative estimate of drug-likeness (QED) is 0.0146. The number of hydrogen-bond acceptors (Lipinski definition) is 14. The highest BCUT2D eigenvalue weighted by Gasteiger charge is 2.30. The SMILES string of the molecule is CC/C=C\C/C=C\C/C=C\C/C=C\C/C=C\CCCCCCCCCCCCCCCCCCCC(=O)OCC(O)COP(=O)(O)OCC(O)COP(=O)(O)OCC(COC(=O)CCCCCCCCCCCCCCCCCCC/C=C\C/C=C\C/C=C\C/C=C\CCCCC)OC(=O)CCCCCCCC/C=C\C/C=C\C/C=C\CCCCC. The van der Waals surface area contributed by atoms with E-state index in [0.717, 1.165) is 148 Å². The number of rotatable bonds is 93. The number of phosphoric ester groups is 2. The highest BCUT2D eigenvalue weighted by atomic mass is 31.2. The average molecular weight is 1740 g/mol. The molecule has 0 radical (unpaired) electrons. The summed E-state index contributed by atoms with van der Waals surface area (Å²) in [5, 5.41) is 20.8. The molecule has 0 amide bonds. The van der Waals surface area contributed by atoms with Gasteiger partial charge in [-0.2, -0.15) is 0 Å². The molecule has 0 saturated carbocycles. The van der Waals surface area contributed by atoms with Gasteiger partial charge in [-0.1, -0.05) is 411 Å². The van der Waals surface area contributed by atoms with E-state index in [0.29, 0.717) is 19.3 Å². The van der Waals surface area contributed by atoms with Gasteiger partial charge in [0.25, 0.3) is 0 Å². The monoisotopic (exact) mass is 1740 g/mol. The molecular formula is C103H180O16P2. The molecule has 121 heavy (non-hydrogen) atoms. The van der Waals surface area contributed by atoms with Gasteiger partial charge >= 0.3 is 33.6 Å². The van der Waals surface area contributed by atoms with Crippen molar-refractivity contribution in [1.29, 1.82) is 0 Å². The van der Waals surface area contributed by atoms with Gasteiger partial charge in [-0.3, -0.25) is 32.5 Å². The maximum absolute atomic E-state index is 13.1. The zero-order valence-corrected chi connectivity index (χ0v) is 79.0. The number of ether oxygens (including phenoxy) is 3. The number of esters is 3. The third kappa shape index (κ3) is 95.9. The molecule has 0 aliphatic rings. The van der Waals surface area contributed by atoms with Crippen LogP contribution in [0.15, 0.2) is 146 Å². The van der Waals surface area contributed by atoms with Gasteiger partial charge in [-0.15, -0.1) is 0 Å². The maximum atomic E-state index is 13.1. The van der Waals surface area contributed by atoms with Crippen LogP contribution < -0.4 is 0 Å². The minimum atomic E-state index is -4.95. The molecule has 4 N–H and O–H groups in total. The van der Waals surface area contributed by atoms with Crippen molar-refractivity contribution in [1.82, 2.24) is 0 Å². The number of aliphatic hydroxyl groups is 2. The van der Waals surface area contributed by atoms with Crippen LogP contribution in [0.1, 0.15) is 432 Å². The topological polar surface area (TPSA) is 231 Å². The first kappa shape index (κ1) is 116. The zero-order valence-electron chi connectivity index (χ0n) is 77.2. The largest absolute Gasteiger partial charge is 0.472 e. The van der Waals surface area contributed by atoms with E-state index in [1.165, 1.54) is 225 Å². The predicted molar refractivity (Wildman–Crippen MR) is 509 cm³/mol. The summed E-state index contributed by atoms with van der Waals surface area (Å²) in [4.78, 5) is 59.1. The number of allylic oxidation sites excluding steroid dienone is 24. The highest BCUT2D eigenvalue weighted by Crippen LogP contribution is 2.45. The molecule has 0 aromatic carbocycles. The first-order valence-corrected chi connectivity index (χ1v) is 52.1. The van der Waals surface area contributed by atoms with E-state index >= 15 is 0 Å². The fourth-order valence-electron chi connectivity index (χ4n) is 13.6. The standard InChI is InChI=1S/C103H180O16P2/c1-4-7-10-13-16-19-22-25-28-31-34-36-38-40-42-44-46-48-50-52-54-56-58-60-63-65-68-71-74-77-80-83-86-89-101(106)113-92-98(104)93-115-120(109,110)116-94-99(105)95-117-121(111,112)118-97-100(119-103(108)91-88-85-82-79-76-73-70-67-62-33-30-27-24-21-18-15-12-9-6-3)96-114-102(107)90-87-84-81-78-75-72-69-66-64-61-59-57-55-53-51-49-47-45-43-41-39-37-35-32-29-26-23-20-17-14-11-8-5-2/h7,10,16-21,25-30,34-37,40-43,62,67,98-100,104-105H,4-6,8-9,11-15,22-24,31-33,38-39,44-61,63-66,68-97H2,1-3H3,(H,109,110)(H,111,112)/b10-7-,19-16-,20-17-,21-18-,28-25-,29-26-,30-27-,36-34-,37-35-,42-40-,43-41-,67-62-. The fraction of sp³-hybridized carbons (Fsp3) is 0.738. The molecule has 0 rings (SSSR count). The van der Waals surface area contributed by atoms with Gasteiger partial charge in [-0.25, -0.2) is 9.13 Å². The molecule has 0 bridgehead atoms. The van der Waals surface area contributed by atoms with Crippen LogP contribution in [-0.2, 0) is 55.8 Å². The second-order valence-corrected chi connectivity index (χ2v) is 35.7. The van der Waals surface area contributed by atoms with Gasteiger partial charge in [0.2, 0.25) is 0 Å². The van der Waals surface area contributed by atoms with Gasteiger partial charge in [0.1, 0.15) is 25.4 Å². The van der Waals surface area contributed by atoms with E-state index < -0.39 is 91.5 Å². The number of carbonyl (C=O) groups is 3. The molecule has 0 spiro atoms. The van der Waals surface area contributed by atoms with Crippen LogP contribution in [0.5, 0.6) is 0 Å². The Morgan fingerprint density at radius 1 is 0.240 bits per heavy atom. The molecule has 0 aromatic rings. The number of hydrogen-bond donors (Lipinski definition) is 4. The number of aliphatic hydroxyl groups excluding tert-OH is 2. The Bertz CT molecular complexity index is 2780. The van der Waals surface area contributed by atoms with Gasteiger partial charge in [0.05, 0.1) is 26.4 Å². The predicted octanol–water partition coefficient (Wildman–Crippen LogP) is 30.7. The molecular weight excluding hydrogens is 1560 g/mol. The molecule has 698 valence electrons. The van der Waals surface area contributed by atoms with Crippen molar-refractivity contribution in [2.45, 2.75) is 450 Å². The Labute approximate surface area is 740 Å². The van der Waals surface area contributed by atoms with Crippen molar-refractivity contribution in [2.24, 2.45) is 0 Å². The van der Waals surface area contributed by atoms with Gasteiger partial charge in [-0.05, 0) is 148 Å². The number of unbranched alkanes of at least 4 members (excludes halogenated alkanes) is 46. The lowest BCUT2D eigenvalue weighted by molar-refractivity contribution is -0.161. The Balaban J connectivity index is 4.50. The molecule has 0 aliphatic carbocycles. The molecule has 0 aliphatic heterocycles. The summed E-state index contributed by atoms with van der Waals surface area (Å²) >= 11 is 0. The minimum Gasteiger partial charge on any atom is -0.463 e. The summed E-state index contributed by atoms with van der Waals surface area (Å²) in [6.07, 6.45) is 121. The molecule has 18 heteroatoms. The van der Waals surface area contributed by atoms with E-state index in [4.69, 9.17) is 32.3 Å². The van der Waals surface area contributed by atoms with Crippen LogP contribution in [0.3, 0.4) is 0 Å². The Morgan fingerprint density at radius 3 is 0.694 bits per heavy atom. The summed E-state index contributed by atoms with van der Waals surface area (Å²) in [5.41, 5.74) is 0. The third-order valence-corrected chi connectivity index (χ3v) is 22.9. The summed E-state index contributed by atoms with van der Waals surface area (Å²) in [7, 11) is -9.81. The van der Waals surface area contributed by atoms with Crippen molar-refractivity contribution in [3.8, 4) is 0 Å². The minimum absolute atomic E-state index is 0.0899.